The van der Waals surface area contributed by atoms with Crippen molar-refractivity contribution < 1.29 is 9.90 Å². The molecule has 0 rings (SSSR count). The summed E-state index contributed by atoms with van der Waals surface area (Å²) in [5.74, 6) is -0.670. The van der Waals surface area contributed by atoms with Gasteiger partial charge in [-0.1, -0.05) is 32.6 Å². The molecule has 0 aromatic rings. The molecule has 76 valence electrons. The van der Waals surface area contributed by atoms with Crippen LogP contribution >= 0.6 is 13.5 Å². The lowest BCUT2D eigenvalue weighted by molar-refractivity contribution is -0.137. The third-order valence-corrected chi connectivity index (χ3v) is 1.49. The second-order valence-electron chi connectivity index (χ2n) is 2.56. The molecule has 4 heteroatoms. The molecule has 0 heterocycles. The largest absolute Gasteiger partial charge is 0.481 e. The fraction of sp³-hybridized carbons (Fsp3) is 0.875. The lowest BCUT2D eigenvalue weighted by Gasteiger charge is -1.95. The second-order valence-corrected chi connectivity index (χ2v) is 2.56. The number of aliphatic carboxylic acids is 1. The van der Waals surface area contributed by atoms with Crippen molar-refractivity contribution in [3.8, 4) is 0 Å². The molecule has 0 aliphatic heterocycles. The van der Waals surface area contributed by atoms with E-state index in [0.717, 1.165) is 12.8 Å². The fourth-order valence-corrected chi connectivity index (χ4v) is 0.880. The number of carboxylic acids is 1. The summed E-state index contributed by atoms with van der Waals surface area (Å²) in [6.07, 6.45) is 5.88. The highest BCUT2D eigenvalue weighted by atomic mass is 32.1. The number of carbonyl (C=O) groups is 1. The van der Waals surface area contributed by atoms with E-state index in [4.69, 9.17) is 5.11 Å². The third kappa shape index (κ3) is 16.4. The molecular weight excluding hydrogens is 174 g/mol. The van der Waals surface area contributed by atoms with Gasteiger partial charge < -0.3 is 11.3 Å². The topological polar surface area (TPSA) is 72.3 Å². The Hall–Kier alpha value is -0.220. The van der Waals surface area contributed by atoms with E-state index >= 15 is 0 Å². The first-order valence-electron chi connectivity index (χ1n) is 3.99. The number of hydrogen-bond acceptors (Lipinski definition) is 2. The minimum atomic E-state index is -0.670. The maximum Gasteiger partial charge on any atom is 0.303 e. The lowest BCUT2D eigenvalue weighted by Crippen LogP contribution is -1.93. The van der Waals surface area contributed by atoms with Crippen molar-refractivity contribution in [1.82, 2.24) is 6.15 Å². The number of carboxylic acid groups (broad SMARTS) is 1. The van der Waals surface area contributed by atoms with E-state index in [9.17, 15) is 4.79 Å². The van der Waals surface area contributed by atoms with E-state index < -0.39 is 5.97 Å². The van der Waals surface area contributed by atoms with Crippen molar-refractivity contribution in [2.75, 3.05) is 0 Å². The molecular formula is C8H21NO2S. The van der Waals surface area contributed by atoms with Gasteiger partial charge in [0, 0.05) is 6.42 Å². The number of hydrogen-bond donors (Lipinski definition) is 2. The molecule has 4 N–H and O–H groups in total. The van der Waals surface area contributed by atoms with Gasteiger partial charge in [-0.05, 0) is 6.42 Å². The van der Waals surface area contributed by atoms with E-state index in [1.54, 1.807) is 0 Å². The monoisotopic (exact) mass is 195 g/mol. The molecule has 0 atom stereocenters. The minimum Gasteiger partial charge on any atom is -0.481 e. The summed E-state index contributed by atoms with van der Waals surface area (Å²) >= 11 is 0. The molecule has 0 spiro atoms. The average molecular weight is 195 g/mol. The zero-order valence-corrected chi connectivity index (χ0v) is 8.81. The van der Waals surface area contributed by atoms with Gasteiger partial charge in [0.25, 0.3) is 0 Å². The zero-order chi connectivity index (χ0) is 7.82. The van der Waals surface area contributed by atoms with E-state index in [-0.39, 0.29) is 19.6 Å². The van der Waals surface area contributed by atoms with Gasteiger partial charge in [-0.15, -0.1) is 0 Å². The van der Waals surface area contributed by atoms with Gasteiger partial charge in [0.2, 0.25) is 0 Å². The molecule has 0 saturated carbocycles. The Labute approximate surface area is 81.6 Å². The van der Waals surface area contributed by atoms with Gasteiger partial charge >= 0.3 is 5.97 Å². The summed E-state index contributed by atoms with van der Waals surface area (Å²) in [5.41, 5.74) is 0. The van der Waals surface area contributed by atoms with Crippen molar-refractivity contribution in [3.05, 3.63) is 0 Å². The van der Waals surface area contributed by atoms with E-state index in [1.165, 1.54) is 19.3 Å². The van der Waals surface area contributed by atoms with Crippen LogP contribution in [0.25, 0.3) is 0 Å². The molecule has 0 aliphatic carbocycles. The Morgan fingerprint density at radius 3 is 2.08 bits per heavy atom. The predicted molar refractivity (Wildman–Crippen MR) is 56.4 cm³/mol. The average Bonchev–Trinajstić information content (AvgIpc) is 1.87. The van der Waals surface area contributed by atoms with Gasteiger partial charge in [0.15, 0.2) is 0 Å². The molecule has 12 heavy (non-hydrogen) atoms. The first-order valence-corrected chi connectivity index (χ1v) is 3.99. The molecule has 0 aliphatic rings. The van der Waals surface area contributed by atoms with Crippen molar-refractivity contribution in [2.24, 2.45) is 0 Å². The van der Waals surface area contributed by atoms with Crippen LogP contribution in [0.5, 0.6) is 0 Å². The zero-order valence-electron chi connectivity index (χ0n) is 7.81. The van der Waals surface area contributed by atoms with Crippen LogP contribution in [-0.2, 0) is 4.79 Å². The summed E-state index contributed by atoms with van der Waals surface area (Å²) < 4.78 is 0. The highest BCUT2D eigenvalue weighted by molar-refractivity contribution is 7.59. The van der Waals surface area contributed by atoms with Crippen LogP contribution < -0.4 is 6.15 Å². The normalized spacial score (nSPS) is 8.08. The highest BCUT2D eigenvalue weighted by Crippen LogP contribution is 2.04. The molecule has 0 aromatic carbocycles. The van der Waals surface area contributed by atoms with Crippen LogP contribution in [0.1, 0.15) is 45.4 Å². The van der Waals surface area contributed by atoms with Gasteiger partial charge in [-0.2, -0.15) is 13.5 Å². The molecule has 0 radical (unpaired) electrons. The van der Waals surface area contributed by atoms with Crippen molar-refractivity contribution in [2.45, 2.75) is 45.4 Å². The SMILES string of the molecule is CCCCCCCC(=O)O.N.S. The second kappa shape index (κ2) is 13.4. The van der Waals surface area contributed by atoms with Crippen LogP contribution in [0.2, 0.25) is 0 Å². The first kappa shape index (κ1) is 17.8. The summed E-state index contributed by atoms with van der Waals surface area (Å²) in [4.78, 5) is 10.0. The lowest BCUT2D eigenvalue weighted by atomic mass is 10.1. The standard InChI is InChI=1S/C8H16O2.H3N.H2S/c1-2-3-4-5-6-7-8(9)10;;/h2-7H2,1H3,(H,9,10);1H3;1H2. The van der Waals surface area contributed by atoms with E-state index in [2.05, 4.69) is 6.92 Å². The van der Waals surface area contributed by atoms with Crippen LogP contribution in [0, 0.1) is 0 Å². The van der Waals surface area contributed by atoms with Crippen molar-refractivity contribution >= 4 is 19.5 Å². The maximum absolute atomic E-state index is 10.0. The Kier molecular flexibility index (Phi) is 19.8. The molecule has 3 nitrogen and oxygen atoms in total. The molecule has 0 fully saturated rings. The Morgan fingerprint density at radius 2 is 1.67 bits per heavy atom. The van der Waals surface area contributed by atoms with E-state index in [0.29, 0.717) is 6.42 Å². The molecule has 0 amide bonds. The summed E-state index contributed by atoms with van der Waals surface area (Å²) in [6, 6.07) is 0. The maximum atomic E-state index is 10.0. The van der Waals surface area contributed by atoms with Gasteiger partial charge in [0.05, 0.1) is 0 Å². The number of unbranched alkanes of at least 4 members (excludes halogenated alkanes) is 4. The Balaban J connectivity index is -0.000000405. The molecule has 0 unspecified atom stereocenters. The summed E-state index contributed by atoms with van der Waals surface area (Å²) in [7, 11) is 0. The molecule has 0 bridgehead atoms. The van der Waals surface area contributed by atoms with Crippen LogP contribution in [0.4, 0.5) is 0 Å². The van der Waals surface area contributed by atoms with E-state index in [1.807, 2.05) is 0 Å². The minimum absolute atomic E-state index is 0. The number of rotatable bonds is 6. The Morgan fingerprint density at radius 1 is 1.17 bits per heavy atom. The summed E-state index contributed by atoms with van der Waals surface area (Å²) in [5, 5.41) is 8.27. The van der Waals surface area contributed by atoms with Crippen molar-refractivity contribution in [1.29, 1.82) is 0 Å². The van der Waals surface area contributed by atoms with Crippen LogP contribution in [0.3, 0.4) is 0 Å². The smallest absolute Gasteiger partial charge is 0.303 e. The van der Waals surface area contributed by atoms with Gasteiger partial charge in [-0.3, -0.25) is 4.79 Å². The van der Waals surface area contributed by atoms with Gasteiger partial charge in [0.1, 0.15) is 0 Å². The molecule has 0 aromatic heterocycles. The van der Waals surface area contributed by atoms with Crippen molar-refractivity contribution in [3.63, 3.8) is 0 Å². The quantitative estimate of drug-likeness (QED) is 0.640. The first-order chi connectivity index (χ1) is 4.77. The van der Waals surface area contributed by atoms with Gasteiger partial charge in [-0.25, -0.2) is 0 Å². The third-order valence-electron chi connectivity index (χ3n) is 1.49. The Bertz CT molecular complexity index is 99.1. The van der Waals surface area contributed by atoms with Crippen LogP contribution in [0.15, 0.2) is 0 Å². The molecule has 0 saturated heterocycles. The predicted octanol–water partition coefficient (Wildman–Crippen LogP) is 2.71. The highest BCUT2D eigenvalue weighted by Gasteiger charge is 1.94. The summed E-state index contributed by atoms with van der Waals surface area (Å²) in [6.45, 7) is 2.15. The van der Waals surface area contributed by atoms with Crippen LogP contribution in [-0.4, -0.2) is 11.1 Å². The fourth-order valence-electron chi connectivity index (χ4n) is 0.880.